The van der Waals surface area contributed by atoms with Crippen LogP contribution in [0, 0.1) is 11.6 Å². The lowest BCUT2D eigenvalue weighted by Gasteiger charge is -2.09. The van der Waals surface area contributed by atoms with E-state index in [1.54, 1.807) is 0 Å². The summed E-state index contributed by atoms with van der Waals surface area (Å²) in [7, 11) is 1.12. The van der Waals surface area contributed by atoms with Gasteiger partial charge in [0.2, 0.25) is 0 Å². The van der Waals surface area contributed by atoms with Crippen molar-refractivity contribution in [2.45, 2.75) is 32.6 Å². The Balaban J connectivity index is 2.66. The Labute approximate surface area is 112 Å². The molecule has 0 heterocycles. The summed E-state index contributed by atoms with van der Waals surface area (Å²) in [6.07, 6.45) is 4.19. The van der Waals surface area contributed by atoms with Crippen LogP contribution in [0.3, 0.4) is 0 Å². The molecule has 3 nitrogen and oxygen atoms in total. The first-order valence-electron chi connectivity index (χ1n) is 6.42. The molecule has 1 aromatic carbocycles. The van der Waals surface area contributed by atoms with Gasteiger partial charge in [-0.1, -0.05) is 26.2 Å². The van der Waals surface area contributed by atoms with Crippen molar-refractivity contribution in [3.05, 3.63) is 29.3 Å². The number of methoxy groups -OCH3 is 1. The minimum atomic E-state index is -1.18. The highest BCUT2D eigenvalue weighted by Crippen LogP contribution is 2.21. The largest absolute Gasteiger partial charge is 0.465 e. The molecule has 0 unspecified atom stereocenters. The third-order valence-electron chi connectivity index (χ3n) is 2.83. The van der Waals surface area contributed by atoms with Crippen LogP contribution in [0.15, 0.2) is 12.1 Å². The molecule has 1 N–H and O–H groups in total. The first kappa shape index (κ1) is 15.4. The van der Waals surface area contributed by atoms with Gasteiger partial charge in [0.05, 0.1) is 18.4 Å². The summed E-state index contributed by atoms with van der Waals surface area (Å²) in [6, 6.07) is 2.57. The van der Waals surface area contributed by atoms with Crippen molar-refractivity contribution >= 4 is 11.7 Å². The summed E-state index contributed by atoms with van der Waals surface area (Å²) in [4.78, 5) is 11.2. The van der Waals surface area contributed by atoms with Crippen molar-refractivity contribution in [3.63, 3.8) is 0 Å². The number of hydrogen-bond donors (Lipinski definition) is 1. The quantitative estimate of drug-likeness (QED) is 0.606. The van der Waals surface area contributed by atoms with E-state index < -0.39 is 23.2 Å². The average Bonchev–Trinajstić information content (AvgIpc) is 2.42. The van der Waals surface area contributed by atoms with Crippen molar-refractivity contribution in [2.75, 3.05) is 19.0 Å². The van der Waals surface area contributed by atoms with Gasteiger partial charge in [-0.05, 0) is 18.6 Å². The van der Waals surface area contributed by atoms with E-state index in [-0.39, 0.29) is 5.69 Å². The number of carbonyl (C=O) groups is 1. The molecule has 0 spiro atoms. The maximum absolute atomic E-state index is 13.7. The number of nitrogens with one attached hydrogen (secondary N) is 1. The minimum Gasteiger partial charge on any atom is -0.465 e. The lowest BCUT2D eigenvalue weighted by molar-refractivity contribution is 0.0594. The number of hydrogen-bond acceptors (Lipinski definition) is 3. The molecular weight excluding hydrogens is 252 g/mol. The molecule has 0 atom stereocenters. The highest BCUT2D eigenvalue weighted by atomic mass is 19.2. The zero-order valence-corrected chi connectivity index (χ0v) is 11.3. The smallest absolute Gasteiger partial charge is 0.340 e. The van der Waals surface area contributed by atoms with Gasteiger partial charge < -0.3 is 10.1 Å². The Bertz CT molecular complexity index is 436. The van der Waals surface area contributed by atoms with E-state index in [9.17, 15) is 13.6 Å². The van der Waals surface area contributed by atoms with Gasteiger partial charge in [0.15, 0.2) is 11.6 Å². The molecule has 5 heteroatoms. The number of unbranched alkanes of at least 4 members (excludes halogenated alkanes) is 3. The molecule has 0 aromatic heterocycles. The second kappa shape index (κ2) is 7.71. The molecule has 0 fully saturated rings. The Morgan fingerprint density at radius 3 is 2.58 bits per heavy atom. The lowest BCUT2D eigenvalue weighted by atomic mass is 10.1. The monoisotopic (exact) mass is 271 g/mol. The summed E-state index contributed by atoms with van der Waals surface area (Å²) >= 11 is 0. The normalized spacial score (nSPS) is 10.3. The summed E-state index contributed by atoms with van der Waals surface area (Å²) < 4.78 is 31.7. The van der Waals surface area contributed by atoms with Crippen molar-refractivity contribution < 1.29 is 18.3 Å². The summed E-state index contributed by atoms with van der Waals surface area (Å²) in [6.45, 7) is 2.68. The maximum atomic E-state index is 13.7. The lowest BCUT2D eigenvalue weighted by Crippen LogP contribution is -2.10. The summed E-state index contributed by atoms with van der Waals surface area (Å²) in [5.41, 5.74) is -0.321. The van der Waals surface area contributed by atoms with Crippen molar-refractivity contribution in [1.29, 1.82) is 0 Å². The molecule has 1 aromatic rings. The number of esters is 1. The van der Waals surface area contributed by atoms with Gasteiger partial charge in [0, 0.05) is 6.54 Å². The molecule has 0 saturated carbocycles. The van der Waals surface area contributed by atoms with Crippen LogP contribution >= 0.6 is 0 Å². The summed E-state index contributed by atoms with van der Waals surface area (Å²) in [5.74, 6) is -3.10. The third-order valence-corrected chi connectivity index (χ3v) is 2.83. The van der Waals surface area contributed by atoms with E-state index in [0.29, 0.717) is 6.54 Å². The fourth-order valence-corrected chi connectivity index (χ4v) is 1.73. The van der Waals surface area contributed by atoms with Gasteiger partial charge in [0.1, 0.15) is 0 Å². The Hall–Kier alpha value is -1.65. The number of halogens is 2. The maximum Gasteiger partial charge on any atom is 0.340 e. The second-order valence-corrected chi connectivity index (χ2v) is 4.27. The molecule has 19 heavy (non-hydrogen) atoms. The van der Waals surface area contributed by atoms with Crippen LogP contribution in [0.2, 0.25) is 0 Å². The first-order valence-corrected chi connectivity index (χ1v) is 6.42. The molecule has 0 saturated heterocycles. The predicted octanol–water partition coefficient (Wildman–Crippen LogP) is 3.74. The van der Waals surface area contributed by atoms with Crippen molar-refractivity contribution in [1.82, 2.24) is 0 Å². The number of carbonyl (C=O) groups excluding carboxylic acids is 1. The molecule has 1 rings (SSSR count). The Morgan fingerprint density at radius 2 is 1.95 bits per heavy atom. The molecule has 0 amide bonds. The standard InChI is InChI=1S/C14H19F2NO2/c1-3-4-5-6-9-17-11-8-7-10(14(18)19-2)12(15)13(11)16/h7-8,17H,3-6,9H2,1-2H3. The number of benzene rings is 1. The zero-order chi connectivity index (χ0) is 14.3. The molecule has 0 radical (unpaired) electrons. The van der Waals surface area contributed by atoms with Gasteiger partial charge in [0.25, 0.3) is 0 Å². The van der Waals surface area contributed by atoms with Crippen LogP contribution < -0.4 is 5.32 Å². The average molecular weight is 271 g/mol. The Morgan fingerprint density at radius 1 is 1.21 bits per heavy atom. The minimum absolute atomic E-state index is 0.0710. The molecular formula is C14H19F2NO2. The number of ether oxygens (including phenoxy) is 1. The van der Waals surface area contributed by atoms with Crippen LogP contribution in [0.4, 0.5) is 14.5 Å². The van der Waals surface area contributed by atoms with E-state index in [4.69, 9.17) is 0 Å². The van der Waals surface area contributed by atoms with Gasteiger partial charge in [-0.3, -0.25) is 0 Å². The van der Waals surface area contributed by atoms with E-state index >= 15 is 0 Å². The second-order valence-electron chi connectivity index (χ2n) is 4.27. The molecule has 0 aliphatic heterocycles. The van der Waals surface area contributed by atoms with Gasteiger partial charge >= 0.3 is 5.97 Å². The highest BCUT2D eigenvalue weighted by Gasteiger charge is 2.18. The zero-order valence-electron chi connectivity index (χ0n) is 11.3. The van der Waals surface area contributed by atoms with Gasteiger partial charge in [-0.2, -0.15) is 0 Å². The van der Waals surface area contributed by atoms with Crippen LogP contribution in [-0.4, -0.2) is 19.6 Å². The van der Waals surface area contributed by atoms with Crippen LogP contribution in [0.25, 0.3) is 0 Å². The van der Waals surface area contributed by atoms with Crippen molar-refractivity contribution in [3.8, 4) is 0 Å². The Kier molecular flexibility index (Phi) is 6.25. The molecule has 106 valence electrons. The van der Waals surface area contributed by atoms with E-state index in [1.165, 1.54) is 12.1 Å². The molecule has 0 aliphatic carbocycles. The van der Waals surface area contributed by atoms with Gasteiger partial charge in [-0.25, -0.2) is 13.6 Å². The number of anilines is 1. The SMILES string of the molecule is CCCCCCNc1ccc(C(=O)OC)c(F)c1F. The van der Waals surface area contributed by atoms with E-state index in [0.717, 1.165) is 32.8 Å². The predicted molar refractivity (Wildman–Crippen MR) is 70.3 cm³/mol. The fourth-order valence-electron chi connectivity index (χ4n) is 1.73. The molecule has 0 aliphatic rings. The fraction of sp³-hybridized carbons (Fsp3) is 0.500. The molecule has 0 bridgehead atoms. The van der Waals surface area contributed by atoms with Crippen LogP contribution in [-0.2, 0) is 4.74 Å². The first-order chi connectivity index (χ1) is 9.11. The summed E-state index contributed by atoms with van der Waals surface area (Å²) in [5, 5.41) is 2.83. The van der Waals surface area contributed by atoms with Crippen LogP contribution in [0.5, 0.6) is 0 Å². The van der Waals surface area contributed by atoms with E-state index in [1.807, 2.05) is 0 Å². The number of rotatable bonds is 7. The third kappa shape index (κ3) is 4.19. The van der Waals surface area contributed by atoms with Crippen LogP contribution in [0.1, 0.15) is 43.0 Å². The van der Waals surface area contributed by atoms with Gasteiger partial charge in [-0.15, -0.1) is 0 Å². The highest BCUT2D eigenvalue weighted by molar-refractivity contribution is 5.90. The van der Waals surface area contributed by atoms with Crippen molar-refractivity contribution in [2.24, 2.45) is 0 Å². The topological polar surface area (TPSA) is 38.3 Å². The van der Waals surface area contributed by atoms with E-state index in [2.05, 4.69) is 17.0 Å².